The zero-order valence-electron chi connectivity index (χ0n) is 11.9. The maximum Gasteiger partial charge on any atom is 0.308 e. The molecule has 6 heteroatoms. The molecule has 0 bridgehead atoms. The van der Waals surface area contributed by atoms with E-state index < -0.39 is 11.9 Å². The third-order valence-electron chi connectivity index (χ3n) is 3.67. The molecule has 0 spiro atoms. The average Bonchev–Trinajstić information content (AvgIpc) is 2.80. The van der Waals surface area contributed by atoms with Gasteiger partial charge in [-0.25, -0.2) is 4.98 Å². The molecule has 1 aromatic rings. The third-order valence-corrected chi connectivity index (χ3v) is 3.67. The van der Waals surface area contributed by atoms with Crippen LogP contribution in [0.5, 0.6) is 0 Å². The van der Waals surface area contributed by atoms with E-state index in [9.17, 15) is 9.59 Å². The number of anilines is 1. The molecule has 6 nitrogen and oxygen atoms in total. The second-order valence-corrected chi connectivity index (χ2v) is 5.43. The zero-order chi connectivity index (χ0) is 14.9. The summed E-state index contributed by atoms with van der Waals surface area (Å²) in [7, 11) is 3.76. The van der Waals surface area contributed by atoms with Gasteiger partial charge in [-0.1, -0.05) is 6.92 Å². The molecule has 20 heavy (non-hydrogen) atoms. The quantitative estimate of drug-likeness (QED) is 0.890. The molecule has 0 aliphatic carbocycles. The molecule has 2 heterocycles. The van der Waals surface area contributed by atoms with Crippen LogP contribution < -0.4 is 4.90 Å². The Bertz CT molecular complexity index is 513. The lowest BCUT2D eigenvalue weighted by molar-refractivity contribution is -0.142. The molecule has 1 aliphatic rings. The van der Waals surface area contributed by atoms with E-state index in [2.05, 4.69) is 4.98 Å². The minimum absolute atomic E-state index is 0.0227. The number of hydrogen-bond donors (Lipinski definition) is 1. The molecule has 1 aliphatic heterocycles. The predicted molar refractivity (Wildman–Crippen MR) is 74.8 cm³/mol. The molecule has 2 atom stereocenters. The first-order valence-electron chi connectivity index (χ1n) is 6.55. The Kier molecular flexibility index (Phi) is 3.92. The molecule has 1 N–H and O–H groups in total. The van der Waals surface area contributed by atoms with Crippen molar-refractivity contribution in [3.63, 3.8) is 0 Å². The van der Waals surface area contributed by atoms with Gasteiger partial charge < -0.3 is 14.9 Å². The summed E-state index contributed by atoms with van der Waals surface area (Å²) in [5, 5.41) is 9.10. The number of amides is 1. The van der Waals surface area contributed by atoms with E-state index >= 15 is 0 Å². The van der Waals surface area contributed by atoms with E-state index in [-0.39, 0.29) is 18.4 Å². The molecular formula is C14H19N3O3. The van der Waals surface area contributed by atoms with Crippen molar-refractivity contribution in [2.45, 2.75) is 6.92 Å². The number of carboxylic acids is 1. The number of carbonyl (C=O) groups excluding carboxylic acids is 1. The van der Waals surface area contributed by atoms with E-state index in [1.165, 1.54) is 6.20 Å². The molecular weight excluding hydrogens is 258 g/mol. The Balaban J connectivity index is 2.10. The van der Waals surface area contributed by atoms with Crippen LogP contribution in [0.3, 0.4) is 0 Å². The van der Waals surface area contributed by atoms with E-state index in [1.54, 1.807) is 17.0 Å². The molecule has 1 amide bonds. The molecule has 0 radical (unpaired) electrons. The summed E-state index contributed by atoms with van der Waals surface area (Å²) in [6, 6.07) is 3.50. The molecule has 108 valence electrons. The van der Waals surface area contributed by atoms with Gasteiger partial charge in [0.15, 0.2) is 0 Å². The summed E-state index contributed by atoms with van der Waals surface area (Å²) in [5.41, 5.74) is 0.494. The molecule has 1 fully saturated rings. The van der Waals surface area contributed by atoms with Crippen LogP contribution in [0.4, 0.5) is 5.82 Å². The summed E-state index contributed by atoms with van der Waals surface area (Å²) in [6.07, 6.45) is 1.54. The number of nitrogens with zero attached hydrogens (tertiary/aromatic N) is 3. The van der Waals surface area contributed by atoms with Gasteiger partial charge >= 0.3 is 5.97 Å². The highest BCUT2D eigenvalue weighted by Crippen LogP contribution is 2.24. The van der Waals surface area contributed by atoms with E-state index in [0.29, 0.717) is 12.1 Å². The van der Waals surface area contributed by atoms with Gasteiger partial charge in [-0.2, -0.15) is 0 Å². The number of hydrogen-bond acceptors (Lipinski definition) is 4. The summed E-state index contributed by atoms with van der Waals surface area (Å²) in [6.45, 7) is 2.61. The van der Waals surface area contributed by atoms with Crippen LogP contribution in [0.1, 0.15) is 17.3 Å². The number of likely N-dealkylation sites (tertiary alicyclic amines) is 1. The van der Waals surface area contributed by atoms with Gasteiger partial charge in [0.05, 0.1) is 11.5 Å². The summed E-state index contributed by atoms with van der Waals surface area (Å²) >= 11 is 0. The van der Waals surface area contributed by atoms with E-state index in [4.69, 9.17) is 5.11 Å². The highest BCUT2D eigenvalue weighted by atomic mass is 16.4. The Morgan fingerprint density at radius 3 is 2.50 bits per heavy atom. The molecule has 0 aromatic carbocycles. The fraction of sp³-hybridized carbons (Fsp3) is 0.500. The molecule has 1 saturated heterocycles. The average molecular weight is 277 g/mol. The lowest BCUT2D eigenvalue weighted by Gasteiger charge is -2.16. The Labute approximate surface area is 118 Å². The lowest BCUT2D eigenvalue weighted by atomic mass is 9.99. The number of carboxylic acid groups (broad SMARTS) is 1. The normalized spacial score (nSPS) is 21.9. The first-order chi connectivity index (χ1) is 9.40. The zero-order valence-corrected chi connectivity index (χ0v) is 11.9. The molecule has 2 rings (SSSR count). The van der Waals surface area contributed by atoms with Crippen molar-refractivity contribution in [3.05, 3.63) is 23.9 Å². The Hall–Kier alpha value is -2.11. The first-order valence-corrected chi connectivity index (χ1v) is 6.55. The second kappa shape index (κ2) is 5.48. The van der Waals surface area contributed by atoms with Crippen LogP contribution in [0.25, 0.3) is 0 Å². The number of carbonyl (C=O) groups is 2. The Morgan fingerprint density at radius 2 is 2.05 bits per heavy atom. The van der Waals surface area contributed by atoms with Crippen molar-refractivity contribution in [1.82, 2.24) is 9.88 Å². The highest BCUT2D eigenvalue weighted by Gasteiger charge is 2.37. The summed E-state index contributed by atoms with van der Waals surface area (Å²) < 4.78 is 0. The van der Waals surface area contributed by atoms with Gasteiger partial charge in [-0.15, -0.1) is 0 Å². The lowest BCUT2D eigenvalue weighted by Crippen LogP contribution is -2.30. The van der Waals surface area contributed by atoms with Gasteiger partial charge in [0, 0.05) is 33.4 Å². The standard InChI is InChI=1S/C14H19N3O3/c1-9-7-17(8-11(9)14(19)20)13(18)10-4-5-12(15-6-10)16(2)3/h4-6,9,11H,7-8H2,1-3H3,(H,19,20). The van der Waals surface area contributed by atoms with Crippen molar-refractivity contribution in [2.24, 2.45) is 11.8 Å². The molecule has 1 aromatic heterocycles. The van der Waals surface area contributed by atoms with Crippen LogP contribution in [0.2, 0.25) is 0 Å². The minimum atomic E-state index is -0.839. The van der Waals surface area contributed by atoms with Crippen molar-refractivity contribution >= 4 is 17.7 Å². The highest BCUT2D eigenvalue weighted by molar-refractivity contribution is 5.94. The van der Waals surface area contributed by atoms with Gasteiger partial charge in [0.1, 0.15) is 5.82 Å². The second-order valence-electron chi connectivity index (χ2n) is 5.43. The van der Waals surface area contributed by atoms with Crippen LogP contribution in [0.15, 0.2) is 18.3 Å². The van der Waals surface area contributed by atoms with Crippen LogP contribution >= 0.6 is 0 Å². The number of rotatable bonds is 3. The number of aliphatic carboxylic acids is 1. The van der Waals surface area contributed by atoms with E-state index in [0.717, 1.165) is 5.82 Å². The van der Waals surface area contributed by atoms with Crippen molar-refractivity contribution in [3.8, 4) is 0 Å². The SMILES string of the molecule is CC1CN(C(=O)c2ccc(N(C)C)nc2)CC1C(=O)O. The topological polar surface area (TPSA) is 73.7 Å². The summed E-state index contributed by atoms with van der Waals surface area (Å²) in [4.78, 5) is 31.1. The number of aromatic nitrogens is 1. The maximum atomic E-state index is 12.3. The maximum absolute atomic E-state index is 12.3. The van der Waals surface area contributed by atoms with Crippen LogP contribution in [-0.4, -0.2) is 54.1 Å². The van der Waals surface area contributed by atoms with Crippen molar-refractivity contribution in [2.75, 3.05) is 32.1 Å². The number of pyridine rings is 1. The van der Waals surface area contributed by atoms with Gasteiger partial charge in [-0.3, -0.25) is 9.59 Å². The van der Waals surface area contributed by atoms with Gasteiger partial charge in [0.2, 0.25) is 0 Å². The third kappa shape index (κ3) is 2.74. The molecule has 2 unspecified atom stereocenters. The van der Waals surface area contributed by atoms with Crippen molar-refractivity contribution in [1.29, 1.82) is 0 Å². The van der Waals surface area contributed by atoms with Crippen LogP contribution in [-0.2, 0) is 4.79 Å². The van der Waals surface area contributed by atoms with Crippen LogP contribution in [0, 0.1) is 11.8 Å². The molecule has 0 saturated carbocycles. The largest absolute Gasteiger partial charge is 0.481 e. The predicted octanol–water partition coefficient (Wildman–Crippen LogP) is 0.940. The fourth-order valence-electron chi connectivity index (χ4n) is 2.41. The van der Waals surface area contributed by atoms with Crippen molar-refractivity contribution < 1.29 is 14.7 Å². The summed E-state index contributed by atoms with van der Waals surface area (Å²) in [5.74, 6) is -0.717. The minimum Gasteiger partial charge on any atom is -0.481 e. The Morgan fingerprint density at radius 1 is 1.35 bits per heavy atom. The van der Waals surface area contributed by atoms with Gasteiger partial charge in [-0.05, 0) is 18.1 Å². The fourth-order valence-corrected chi connectivity index (χ4v) is 2.41. The monoisotopic (exact) mass is 277 g/mol. The smallest absolute Gasteiger partial charge is 0.308 e. The van der Waals surface area contributed by atoms with E-state index in [1.807, 2.05) is 25.9 Å². The van der Waals surface area contributed by atoms with Gasteiger partial charge in [0.25, 0.3) is 5.91 Å². The first kappa shape index (κ1) is 14.3.